The monoisotopic (exact) mass is 314 g/mol. The SMILES string of the molecule is COC1(CNc2cc(C(F)(F)F)ccc2C#N)CCOCC1. The first-order chi connectivity index (χ1) is 10.4. The normalized spacial score (nSPS) is 17.8. The summed E-state index contributed by atoms with van der Waals surface area (Å²) in [5.74, 6) is 0. The molecule has 0 bridgehead atoms. The number of nitrogens with one attached hydrogen (secondary N) is 1. The van der Waals surface area contributed by atoms with Gasteiger partial charge in [-0.2, -0.15) is 18.4 Å². The summed E-state index contributed by atoms with van der Waals surface area (Å²) in [6.45, 7) is 1.41. The predicted octanol–water partition coefficient (Wildman–Crippen LogP) is 3.18. The number of benzene rings is 1. The first kappa shape index (κ1) is 16.6. The van der Waals surface area contributed by atoms with E-state index in [4.69, 9.17) is 14.7 Å². The van der Waals surface area contributed by atoms with Crippen LogP contribution in [0.1, 0.15) is 24.0 Å². The number of halogens is 3. The zero-order chi connectivity index (χ0) is 16.2. The van der Waals surface area contributed by atoms with Gasteiger partial charge >= 0.3 is 6.18 Å². The first-order valence-electron chi connectivity index (χ1n) is 6.88. The lowest BCUT2D eigenvalue weighted by Crippen LogP contribution is -2.44. The van der Waals surface area contributed by atoms with Crippen molar-refractivity contribution >= 4 is 5.69 Å². The Labute approximate surface area is 126 Å². The summed E-state index contributed by atoms with van der Waals surface area (Å²) in [5, 5.41) is 12.0. The number of alkyl halides is 3. The van der Waals surface area contributed by atoms with Gasteiger partial charge in [-0.1, -0.05) is 0 Å². The van der Waals surface area contributed by atoms with E-state index in [2.05, 4.69) is 5.32 Å². The predicted molar refractivity (Wildman–Crippen MR) is 74.4 cm³/mol. The van der Waals surface area contributed by atoms with Crippen molar-refractivity contribution in [1.29, 1.82) is 5.26 Å². The van der Waals surface area contributed by atoms with Gasteiger partial charge in [-0.3, -0.25) is 0 Å². The van der Waals surface area contributed by atoms with Gasteiger partial charge in [0.05, 0.1) is 22.4 Å². The van der Waals surface area contributed by atoms with Crippen LogP contribution in [0.15, 0.2) is 18.2 Å². The standard InChI is InChI=1S/C15H17F3N2O2/c1-21-14(4-6-22-7-5-14)10-20-13-8-12(15(16,17)18)3-2-11(13)9-19/h2-3,8,20H,4-7,10H2,1H3. The van der Waals surface area contributed by atoms with Crippen LogP contribution in [0.3, 0.4) is 0 Å². The molecule has 1 aliphatic rings. The maximum atomic E-state index is 12.8. The lowest BCUT2D eigenvalue weighted by atomic mass is 9.93. The Morgan fingerprint density at radius 1 is 1.36 bits per heavy atom. The summed E-state index contributed by atoms with van der Waals surface area (Å²) in [7, 11) is 1.57. The highest BCUT2D eigenvalue weighted by Gasteiger charge is 2.34. The molecule has 120 valence electrons. The van der Waals surface area contributed by atoms with E-state index in [-0.39, 0.29) is 11.3 Å². The maximum absolute atomic E-state index is 12.8. The second-order valence-electron chi connectivity index (χ2n) is 5.22. The topological polar surface area (TPSA) is 54.3 Å². The molecule has 1 N–H and O–H groups in total. The zero-order valence-corrected chi connectivity index (χ0v) is 12.2. The number of methoxy groups -OCH3 is 1. The summed E-state index contributed by atoms with van der Waals surface area (Å²) >= 11 is 0. The van der Waals surface area contributed by atoms with Crippen LogP contribution in [0, 0.1) is 11.3 Å². The third-order valence-electron chi connectivity index (χ3n) is 3.91. The minimum absolute atomic E-state index is 0.167. The van der Waals surface area contributed by atoms with Crippen molar-refractivity contribution in [3.05, 3.63) is 29.3 Å². The van der Waals surface area contributed by atoms with Crippen LogP contribution in [0.2, 0.25) is 0 Å². The minimum Gasteiger partial charge on any atom is -0.381 e. The van der Waals surface area contributed by atoms with Gasteiger partial charge in [-0.15, -0.1) is 0 Å². The lowest BCUT2D eigenvalue weighted by molar-refractivity contribution is -0.137. The molecule has 0 atom stereocenters. The molecule has 0 unspecified atom stereocenters. The number of hydrogen-bond donors (Lipinski definition) is 1. The van der Waals surface area contributed by atoms with Crippen molar-refractivity contribution in [3.8, 4) is 6.07 Å². The molecule has 1 aliphatic heterocycles. The molecule has 22 heavy (non-hydrogen) atoms. The van der Waals surface area contributed by atoms with E-state index < -0.39 is 17.3 Å². The average molecular weight is 314 g/mol. The van der Waals surface area contributed by atoms with Crippen molar-refractivity contribution < 1.29 is 22.6 Å². The molecule has 0 aromatic heterocycles. The Bertz CT molecular complexity index is 561. The molecule has 4 nitrogen and oxygen atoms in total. The summed E-state index contributed by atoms with van der Waals surface area (Å²) in [6.07, 6.45) is -3.14. The Balaban J connectivity index is 2.19. The molecule has 0 saturated carbocycles. The van der Waals surface area contributed by atoms with Gasteiger partial charge in [-0.05, 0) is 18.2 Å². The molecule has 0 radical (unpaired) electrons. The highest BCUT2D eigenvalue weighted by Crippen LogP contribution is 2.33. The Morgan fingerprint density at radius 2 is 2.05 bits per heavy atom. The van der Waals surface area contributed by atoms with E-state index in [1.807, 2.05) is 6.07 Å². The average Bonchev–Trinajstić information content (AvgIpc) is 2.52. The van der Waals surface area contributed by atoms with Gasteiger partial charge < -0.3 is 14.8 Å². The Hall–Kier alpha value is -1.78. The van der Waals surface area contributed by atoms with Crippen molar-refractivity contribution in [1.82, 2.24) is 0 Å². The quantitative estimate of drug-likeness (QED) is 0.927. The van der Waals surface area contributed by atoms with Gasteiger partial charge in [-0.25, -0.2) is 0 Å². The smallest absolute Gasteiger partial charge is 0.381 e. The van der Waals surface area contributed by atoms with Crippen molar-refractivity contribution in [2.24, 2.45) is 0 Å². The van der Waals surface area contributed by atoms with Gasteiger partial charge in [0.2, 0.25) is 0 Å². The van der Waals surface area contributed by atoms with Crippen LogP contribution < -0.4 is 5.32 Å². The van der Waals surface area contributed by atoms with Gasteiger partial charge in [0.25, 0.3) is 0 Å². The molecular formula is C15H17F3N2O2. The first-order valence-corrected chi connectivity index (χ1v) is 6.88. The molecule has 2 rings (SSSR count). The fraction of sp³-hybridized carbons (Fsp3) is 0.533. The van der Waals surface area contributed by atoms with Gasteiger partial charge in [0.15, 0.2) is 0 Å². The second-order valence-corrected chi connectivity index (χ2v) is 5.22. The third kappa shape index (κ3) is 3.70. The van der Waals surface area contributed by atoms with E-state index in [0.29, 0.717) is 32.6 Å². The van der Waals surface area contributed by atoms with Crippen molar-refractivity contribution in [2.45, 2.75) is 24.6 Å². The number of anilines is 1. The molecule has 1 aromatic carbocycles. The van der Waals surface area contributed by atoms with Gasteiger partial charge in [0.1, 0.15) is 6.07 Å². The van der Waals surface area contributed by atoms with E-state index in [1.165, 1.54) is 6.07 Å². The van der Waals surface area contributed by atoms with E-state index in [1.54, 1.807) is 7.11 Å². The van der Waals surface area contributed by atoms with Crippen LogP contribution in [-0.4, -0.2) is 32.5 Å². The fourth-order valence-electron chi connectivity index (χ4n) is 2.42. The molecule has 0 spiro atoms. The molecule has 1 fully saturated rings. The van der Waals surface area contributed by atoms with E-state index >= 15 is 0 Å². The molecular weight excluding hydrogens is 297 g/mol. The maximum Gasteiger partial charge on any atom is 0.416 e. The molecule has 1 heterocycles. The highest BCUT2D eigenvalue weighted by molar-refractivity contribution is 5.59. The molecule has 1 aromatic rings. The van der Waals surface area contributed by atoms with Crippen LogP contribution in [-0.2, 0) is 15.7 Å². The fourth-order valence-corrected chi connectivity index (χ4v) is 2.42. The third-order valence-corrected chi connectivity index (χ3v) is 3.91. The van der Waals surface area contributed by atoms with Crippen molar-refractivity contribution in [2.75, 3.05) is 32.2 Å². The van der Waals surface area contributed by atoms with Crippen LogP contribution in [0.25, 0.3) is 0 Å². The summed E-state index contributed by atoms with van der Waals surface area (Å²) < 4.78 is 49.2. The number of rotatable bonds is 4. The number of ether oxygens (including phenoxy) is 2. The Morgan fingerprint density at radius 3 is 2.59 bits per heavy atom. The number of nitriles is 1. The summed E-state index contributed by atoms with van der Waals surface area (Å²) in [4.78, 5) is 0. The van der Waals surface area contributed by atoms with E-state index in [0.717, 1.165) is 12.1 Å². The van der Waals surface area contributed by atoms with Crippen LogP contribution in [0.5, 0.6) is 0 Å². The minimum atomic E-state index is -4.44. The molecule has 7 heteroatoms. The van der Waals surface area contributed by atoms with Crippen LogP contribution in [0.4, 0.5) is 18.9 Å². The van der Waals surface area contributed by atoms with E-state index in [9.17, 15) is 13.2 Å². The number of hydrogen-bond acceptors (Lipinski definition) is 4. The molecule has 0 aliphatic carbocycles. The molecule has 0 amide bonds. The summed E-state index contributed by atoms with van der Waals surface area (Å²) in [5.41, 5.74) is -0.932. The van der Waals surface area contributed by atoms with Gasteiger partial charge in [0, 0.05) is 39.7 Å². The second kappa shape index (κ2) is 6.55. The highest BCUT2D eigenvalue weighted by atomic mass is 19.4. The van der Waals surface area contributed by atoms with Crippen LogP contribution >= 0.6 is 0 Å². The lowest BCUT2D eigenvalue weighted by Gasteiger charge is -2.36. The Kier molecular flexibility index (Phi) is 4.94. The zero-order valence-electron chi connectivity index (χ0n) is 12.2. The molecule has 1 saturated heterocycles. The largest absolute Gasteiger partial charge is 0.416 e. The van der Waals surface area contributed by atoms with Crippen molar-refractivity contribution in [3.63, 3.8) is 0 Å². The number of nitrogens with zero attached hydrogens (tertiary/aromatic N) is 1. The summed E-state index contributed by atoms with van der Waals surface area (Å²) in [6, 6.07) is 4.94.